The van der Waals surface area contributed by atoms with Crippen LogP contribution in [0.3, 0.4) is 0 Å². The fourth-order valence-electron chi connectivity index (χ4n) is 2.16. The Labute approximate surface area is 122 Å². The Hall–Kier alpha value is -2.70. The SMILES string of the molecule is c1ccc(N(CCn2ccnn2)CCn2ccnn2)cc1. The maximum Gasteiger partial charge on any atom is 0.0692 e. The lowest BCUT2D eigenvalue weighted by Gasteiger charge is -2.24. The van der Waals surface area contributed by atoms with Gasteiger partial charge in [0.05, 0.1) is 25.5 Å². The van der Waals surface area contributed by atoms with Gasteiger partial charge in [-0.05, 0) is 12.1 Å². The number of nitrogens with zero attached hydrogens (tertiary/aromatic N) is 7. The first-order valence-corrected chi connectivity index (χ1v) is 6.90. The van der Waals surface area contributed by atoms with Crippen LogP contribution in [0, 0.1) is 0 Å². The summed E-state index contributed by atoms with van der Waals surface area (Å²) >= 11 is 0. The first-order chi connectivity index (χ1) is 10.4. The third-order valence-electron chi connectivity index (χ3n) is 3.26. The maximum atomic E-state index is 4.00. The minimum atomic E-state index is 0.798. The molecule has 0 spiro atoms. The summed E-state index contributed by atoms with van der Waals surface area (Å²) in [4.78, 5) is 2.31. The van der Waals surface area contributed by atoms with E-state index in [9.17, 15) is 0 Å². The molecule has 7 heteroatoms. The van der Waals surface area contributed by atoms with Crippen molar-refractivity contribution in [2.75, 3.05) is 18.0 Å². The molecule has 2 heterocycles. The number of para-hydroxylation sites is 1. The van der Waals surface area contributed by atoms with Crippen molar-refractivity contribution in [1.82, 2.24) is 30.0 Å². The van der Waals surface area contributed by atoms with Crippen molar-refractivity contribution in [2.45, 2.75) is 13.1 Å². The van der Waals surface area contributed by atoms with E-state index in [0.717, 1.165) is 26.2 Å². The Kier molecular flexibility index (Phi) is 4.21. The molecule has 0 N–H and O–H groups in total. The molecule has 21 heavy (non-hydrogen) atoms. The predicted molar refractivity (Wildman–Crippen MR) is 78.7 cm³/mol. The summed E-state index contributed by atoms with van der Waals surface area (Å²) in [6.07, 6.45) is 7.14. The summed E-state index contributed by atoms with van der Waals surface area (Å²) in [6, 6.07) is 10.3. The van der Waals surface area contributed by atoms with E-state index >= 15 is 0 Å². The molecule has 0 saturated heterocycles. The summed E-state index contributed by atoms with van der Waals surface area (Å²) in [5.74, 6) is 0. The molecule has 0 aliphatic heterocycles. The van der Waals surface area contributed by atoms with Crippen molar-refractivity contribution in [1.29, 1.82) is 0 Å². The molecule has 3 rings (SSSR count). The Morgan fingerprint density at radius 2 is 1.38 bits per heavy atom. The highest BCUT2D eigenvalue weighted by atomic mass is 15.4. The van der Waals surface area contributed by atoms with Gasteiger partial charge in [0.2, 0.25) is 0 Å². The largest absolute Gasteiger partial charge is 0.368 e. The molecule has 0 bridgehead atoms. The van der Waals surface area contributed by atoms with E-state index in [4.69, 9.17) is 0 Å². The summed E-state index contributed by atoms with van der Waals surface area (Å²) in [5, 5.41) is 15.7. The molecule has 2 aromatic heterocycles. The second-order valence-electron chi connectivity index (χ2n) is 4.65. The van der Waals surface area contributed by atoms with Crippen LogP contribution in [0.1, 0.15) is 0 Å². The number of hydrogen-bond donors (Lipinski definition) is 0. The van der Waals surface area contributed by atoms with Crippen molar-refractivity contribution in [3.05, 3.63) is 55.1 Å². The van der Waals surface area contributed by atoms with Gasteiger partial charge < -0.3 is 4.90 Å². The summed E-state index contributed by atoms with van der Waals surface area (Å²) in [6.45, 7) is 3.32. The van der Waals surface area contributed by atoms with Gasteiger partial charge in [-0.25, -0.2) is 0 Å². The van der Waals surface area contributed by atoms with Gasteiger partial charge in [0.15, 0.2) is 0 Å². The van der Waals surface area contributed by atoms with E-state index in [2.05, 4.69) is 37.7 Å². The lowest BCUT2D eigenvalue weighted by molar-refractivity contribution is 0.538. The van der Waals surface area contributed by atoms with E-state index in [1.807, 2.05) is 40.0 Å². The highest BCUT2D eigenvalue weighted by Gasteiger charge is 2.07. The molecule has 108 valence electrons. The third-order valence-corrected chi connectivity index (χ3v) is 3.26. The van der Waals surface area contributed by atoms with Crippen molar-refractivity contribution >= 4 is 5.69 Å². The van der Waals surface area contributed by atoms with Crippen LogP contribution in [0.15, 0.2) is 55.1 Å². The lowest BCUT2D eigenvalue weighted by atomic mass is 10.3. The van der Waals surface area contributed by atoms with Crippen molar-refractivity contribution in [2.24, 2.45) is 0 Å². The van der Waals surface area contributed by atoms with Crippen LogP contribution in [0.25, 0.3) is 0 Å². The van der Waals surface area contributed by atoms with E-state index in [1.165, 1.54) is 5.69 Å². The van der Waals surface area contributed by atoms with Gasteiger partial charge in [-0.2, -0.15) is 0 Å². The highest BCUT2D eigenvalue weighted by Crippen LogP contribution is 2.13. The van der Waals surface area contributed by atoms with Gasteiger partial charge in [-0.1, -0.05) is 28.6 Å². The summed E-state index contributed by atoms with van der Waals surface area (Å²) in [5.41, 5.74) is 1.19. The Balaban J connectivity index is 1.65. The molecule has 0 unspecified atom stereocenters. The van der Waals surface area contributed by atoms with Gasteiger partial charge in [-0.3, -0.25) is 9.36 Å². The number of aromatic nitrogens is 6. The van der Waals surface area contributed by atoms with Gasteiger partial charge in [0, 0.05) is 31.2 Å². The Morgan fingerprint density at radius 3 is 1.86 bits per heavy atom. The Bertz CT molecular complexity index is 580. The van der Waals surface area contributed by atoms with Crippen LogP contribution in [0.5, 0.6) is 0 Å². The second-order valence-corrected chi connectivity index (χ2v) is 4.65. The topological polar surface area (TPSA) is 64.7 Å². The third kappa shape index (κ3) is 3.65. The van der Waals surface area contributed by atoms with E-state index in [1.54, 1.807) is 12.4 Å². The smallest absolute Gasteiger partial charge is 0.0692 e. The monoisotopic (exact) mass is 283 g/mol. The molecular formula is C14H17N7. The number of anilines is 1. The highest BCUT2D eigenvalue weighted by molar-refractivity contribution is 5.45. The molecule has 7 nitrogen and oxygen atoms in total. The summed E-state index contributed by atoms with van der Waals surface area (Å²) < 4.78 is 3.68. The predicted octanol–water partition coefficient (Wildman–Crippen LogP) is 1.08. The minimum Gasteiger partial charge on any atom is -0.368 e. The number of rotatable bonds is 7. The van der Waals surface area contributed by atoms with Gasteiger partial charge in [0.25, 0.3) is 0 Å². The van der Waals surface area contributed by atoms with Crippen molar-refractivity contribution in [3.8, 4) is 0 Å². The van der Waals surface area contributed by atoms with Crippen LogP contribution in [0.4, 0.5) is 5.69 Å². The zero-order valence-electron chi connectivity index (χ0n) is 11.7. The minimum absolute atomic E-state index is 0.798. The van der Waals surface area contributed by atoms with Crippen molar-refractivity contribution in [3.63, 3.8) is 0 Å². The Morgan fingerprint density at radius 1 is 0.810 bits per heavy atom. The van der Waals surface area contributed by atoms with Crippen LogP contribution in [0.2, 0.25) is 0 Å². The normalized spacial score (nSPS) is 10.7. The molecule has 3 aromatic rings. The molecule has 0 fully saturated rings. The van der Waals surface area contributed by atoms with Crippen molar-refractivity contribution < 1.29 is 0 Å². The van der Waals surface area contributed by atoms with Crippen LogP contribution >= 0.6 is 0 Å². The fraction of sp³-hybridized carbons (Fsp3) is 0.286. The zero-order chi connectivity index (χ0) is 14.3. The molecule has 0 aliphatic rings. The average molecular weight is 283 g/mol. The fourth-order valence-corrected chi connectivity index (χ4v) is 2.16. The second kappa shape index (κ2) is 6.65. The molecule has 0 radical (unpaired) electrons. The quantitative estimate of drug-likeness (QED) is 0.649. The molecule has 0 saturated carbocycles. The summed E-state index contributed by atoms with van der Waals surface area (Å²) in [7, 11) is 0. The van der Waals surface area contributed by atoms with Gasteiger partial charge in [0.1, 0.15) is 0 Å². The molecule has 0 atom stereocenters. The first-order valence-electron chi connectivity index (χ1n) is 6.90. The molecular weight excluding hydrogens is 266 g/mol. The van der Waals surface area contributed by atoms with Crippen LogP contribution in [-0.2, 0) is 13.1 Å². The zero-order valence-corrected chi connectivity index (χ0v) is 11.7. The van der Waals surface area contributed by atoms with Crippen LogP contribution < -0.4 is 4.90 Å². The van der Waals surface area contributed by atoms with Crippen LogP contribution in [-0.4, -0.2) is 43.1 Å². The molecule has 0 amide bonds. The molecule has 0 aliphatic carbocycles. The standard InChI is InChI=1S/C14H17N7/c1-2-4-14(5-3-1)19(10-12-20-8-6-15-17-20)11-13-21-9-7-16-18-21/h1-9H,10-13H2. The van der Waals surface area contributed by atoms with E-state index in [-0.39, 0.29) is 0 Å². The number of hydrogen-bond acceptors (Lipinski definition) is 5. The van der Waals surface area contributed by atoms with Gasteiger partial charge in [-0.15, -0.1) is 10.2 Å². The lowest BCUT2D eigenvalue weighted by Crippen LogP contribution is -2.31. The van der Waals surface area contributed by atoms with E-state index < -0.39 is 0 Å². The van der Waals surface area contributed by atoms with Gasteiger partial charge >= 0.3 is 0 Å². The molecule has 1 aromatic carbocycles. The van der Waals surface area contributed by atoms with E-state index in [0.29, 0.717) is 0 Å². The first kappa shape index (κ1) is 13.3. The maximum absolute atomic E-state index is 4.00. The average Bonchev–Trinajstić information content (AvgIpc) is 3.21. The number of benzene rings is 1.